The maximum Gasteiger partial charge on any atom is 0.0540 e. The lowest BCUT2D eigenvalue weighted by atomic mass is 10.2. The van der Waals surface area contributed by atoms with Crippen molar-refractivity contribution in [3.05, 3.63) is 28.7 Å². The molecule has 2 rings (SSSR count). The minimum absolute atomic E-state index is 0.130. The van der Waals surface area contributed by atoms with E-state index in [0.717, 1.165) is 0 Å². The maximum atomic E-state index is 8.38. The van der Waals surface area contributed by atoms with E-state index in [1.54, 1.807) is 11.4 Å². The van der Waals surface area contributed by atoms with E-state index in [2.05, 4.69) is 15.9 Å². The Kier molecular flexibility index (Phi) is 1.08. The number of hydrogen-bond donors (Lipinski definition) is 1. The lowest BCUT2D eigenvalue weighted by molar-refractivity contribution is 0.501. The lowest BCUT2D eigenvalue weighted by Crippen LogP contribution is -2.49. The first-order valence-electron chi connectivity index (χ1n) is 8.93. The predicted molar refractivity (Wildman–Crippen MR) is 63.8 cm³/mol. The number of nitrogens with zero attached hydrogens (tertiary/aromatic N) is 1. The quantitative estimate of drug-likeness (QED) is 0.837. The number of benzene rings is 1. The highest BCUT2D eigenvalue weighted by Gasteiger charge is 2.17. The maximum absolute atomic E-state index is 8.38. The van der Waals surface area contributed by atoms with Gasteiger partial charge < -0.3 is 10.2 Å². The Morgan fingerprint density at radius 1 is 1.79 bits per heavy atom. The Morgan fingerprint density at radius 2 is 2.71 bits per heavy atom. The molecule has 1 N–H and O–H groups in total. The van der Waals surface area contributed by atoms with E-state index in [1.165, 1.54) is 18.2 Å². The summed E-state index contributed by atoms with van der Waals surface area (Å²) in [7, 11) is 0. The molecule has 76 valence electrons. The van der Waals surface area contributed by atoms with Crippen LogP contribution in [-0.2, 0) is 0 Å². The monoisotopic (exact) mass is 264 g/mol. The van der Waals surface area contributed by atoms with E-state index in [1.807, 2.05) is 0 Å². The van der Waals surface area contributed by atoms with Gasteiger partial charge in [0, 0.05) is 45.3 Å². The van der Waals surface area contributed by atoms with Crippen molar-refractivity contribution in [2.24, 2.45) is 0 Å². The molecule has 1 heterocycles. The van der Waals surface area contributed by atoms with Crippen LogP contribution in [0.4, 0.5) is 5.69 Å². The molecule has 0 saturated carbocycles. The molecule has 0 spiro atoms. The van der Waals surface area contributed by atoms with Crippen LogP contribution in [0.5, 0.6) is 0 Å². The molecule has 3 heteroatoms. The van der Waals surface area contributed by atoms with Crippen LogP contribution in [0, 0.1) is 0 Å². The van der Waals surface area contributed by atoms with Gasteiger partial charge >= 0.3 is 0 Å². The summed E-state index contributed by atoms with van der Waals surface area (Å²) in [6.07, 6.45) is 0. The predicted octanol–water partition coefficient (Wildman–Crippen LogP) is 2.25. The van der Waals surface area contributed by atoms with Crippen LogP contribution in [-0.4, -0.2) is 25.5 Å². The summed E-state index contributed by atoms with van der Waals surface area (Å²) in [6, 6.07) is 2.55. The van der Waals surface area contributed by atoms with Gasteiger partial charge in [-0.05, 0) is 25.1 Å². The normalized spacial score (nSPS) is 49.9. The molecule has 0 bridgehead atoms. The largest absolute Gasteiger partial charge is 0.366 e. The SMILES string of the molecule is [2H]C([2H])([2H])C1([2H])N(c2cccc(Br)c2)C([2H])([2H])C([2H])([2H])NC1([2H])[2H]. The van der Waals surface area contributed by atoms with Crippen molar-refractivity contribution < 1.29 is 13.7 Å². The van der Waals surface area contributed by atoms with Crippen molar-refractivity contribution in [1.82, 2.24) is 5.32 Å². The Balaban J connectivity index is 2.83. The molecule has 1 atom stereocenters. The molecule has 1 saturated heterocycles. The fourth-order valence-corrected chi connectivity index (χ4v) is 1.48. The molecule has 0 radical (unpaired) electrons. The van der Waals surface area contributed by atoms with Gasteiger partial charge in [-0.3, -0.25) is 0 Å². The second-order valence-electron chi connectivity index (χ2n) is 2.65. The van der Waals surface area contributed by atoms with Crippen LogP contribution < -0.4 is 10.2 Å². The number of hydrogen-bond acceptors (Lipinski definition) is 2. The standard InChI is InChI=1S/C11H15BrN2/c1-9-8-13-5-6-14(9)11-4-2-3-10(12)7-11/h2-4,7,9,13H,5-6,8H2,1H3/i1D3,5D2,6D2,8D2,9D. The third-order valence-corrected chi connectivity index (χ3v) is 2.19. The molecule has 0 aliphatic carbocycles. The number of piperazine rings is 1. The Morgan fingerprint density at radius 3 is 3.50 bits per heavy atom. The first-order valence-corrected chi connectivity index (χ1v) is 4.72. The zero-order valence-corrected chi connectivity index (χ0v) is 8.72. The molecule has 2 nitrogen and oxygen atoms in total. The smallest absolute Gasteiger partial charge is 0.0540 e. The van der Waals surface area contributed by atoms with Gasteiger partial charge in [-0.2, -0.15) is 0 Å². The number of rotatable bonds is 1. The average molecular weight is 265 g/mol. The van der Waals surface area contributed by atoms with Crippen LogP contribution in [0.15, 0.2) is 28.7 Å². The van der Waals surface area contributed by atoms with E-state index in [-0.39, 0.29) is 5.69 Å². The van der Waals surface area contributed by atoms with Gasteiger partial charge in [0.1, 0.15) is 0 Å². The second kappa shape index (κ2) is 4.32. The molecular formula is C11H15BrN2. The van der Waals surface area contributed by atoms with Gasteiger partial charge in [0.15, 0.2) is 0 Å². The van der Waals surface area contributed by atoms with E-state index >= 15 is 0 Å². The highest BCUT2D eigenvalue weighted by molar-refractivity contribution is 9.10. The van der Waals surface area contributed by atoms with E-state index < -0.39 is 32.4 Å². The van der Waals surface area contributed by atoms with Gasteiger partial charge in [-0.15, -0.1) is 0 Å². The highest BCUT2D eigenvalue weighted by Crippen LogP contribution is 2.22. The molecule has 1 aromatic carbocycles. The topological polar surface area (TPSA) is 15.3 Å². The summed E-state index contributed by atoms with van der Waals surface area (Å²) in [6.45, 7) is -12.3. The van der Waals surface area contributed by atoms with Crippen LogP contribution in [0.2, 0.25) is 0 Å². The van der Waals surface area contributed by atoms with Crippen molar-refractivity contribution in [2.45, 2.75) is 12.9 Å². The van der Waals surface area contributed by atoms with Crippen LogP contribution in [0.3, 0.4) is 0 Å². The summed E-state index contributed by atoms with van der Waals surface area (Å²) >= 11 is 3.16. The van der Waals surface area contributed by atoms with Crippen LogP contribution >= 0.6 is 15.9 Å². The Bertz CT molecular complexity index is 646. The molecule has 1 unspecified atom stereocenters. The van der Waals surface area contributed by atoms with Gasteiger partial charge in [-0.1, -0.05) is 22.0 Å². The third kappa shape index (κ3) is 2.10. The van der Waals surface area contributed by atoms with Crippen molar-refractivity contribution in [1.29, 1.82) is 0 Å². The van der Waals surface area contributed by atoms with Crippen molar-refractivity contribution in [3.8, 4) is 0 Å². The molecule has 1 aromatic rings. The van der Waals surface area contributed by atoms with Crippen molar-refractivity contribution >= 4 is 21.6 Å². The van der Waals surface area contributed by atoms with E-state index in [9.17, 15) is 0 Å². The average Bonchev–Trinajstić information content (AvgIpc) is 2.34. The van der Waals surface area contributed by atoms with Gasteiger partial charge in [0.2, 0.25) is 0 Å². The Hall–Kier alpha value is -0.540. The van der Waals surface area contributed by atoms with Gasteiger partial charge in [0.05, 0.1) is 4.11 Å². The molecule has 1 aliphatic heterocycles. The van der Waals surface area contributed by atoms with Crippen LogP contribution in [0.25, 0.3) is 0 Å². The highest BCUT2D eigenvalue weighted by atomic mass is 79.9. The minimum atomic E-state index is -3.28. The molecular weight excluding hydrogens is 240 g/mol. The molecule has 0 aromatic heterocycles. The molecule has 1 fully saturated rings. The zero-order valence-electron chi connectivity index (χ0n) is 17.1. The fourth-order valence-electron chi connectivity index (χ4n) is 1.09. The molecule has 0 amide bonds. The van der Waals surface area contributed by atoms with Gasteiger partial charge in [-0.25, -0.2) is 0 Å². The number of anilines is 1. The lowest BCUT2D eigenvalue weighted by Gasteiger charge is -2.36. The van der Waals surface area contributed by atoms with Gasteiger partial charge in [0.25, 0.3) is 0 Å². The minimum Gasteiger partial charge on any atom is -0.366 e. The van der Waals surface area contributed by atoms with Crippen LogP contribution in [0.1, 0.15) is 20.6 Å². The molecule has 1 aliphatic rings. The summed E-state index contributed by atoms with van der Waals surface area (Å²) < 4.78 is 79.5. The van der Waals surface area contributed by atoms with E-state index in [0.29, 0.717) is 9.37 Å². The molecule has 14 heavy (non-hydrogen) atoms. The summed E-state index contributed by atoms with van der Waals surface area (Å²) in [5, 5.41) is 1.72. The summed E-state index contributed by atoms with van der Waals surface area (Å²) in [5.41, 5.74) is -0.130. The van der Waals surface area contributed by atoms with Crippen molar-refractivity contribution in [2.75, 3.05) is 24.4 Å². The van der Waals surface area contributed by atoms with E-state index in [4.69, 9.17) is 13.7 Å². The fraction of sp³-hybridized carbons (Fsp3) is 0.455. The van der Waals surface area contributed by atoms with Crippen molar-refractivity contribution in [3.63, 3.8) is 0 Å². The number of halogens is 1. The summed E-state index contributed by atoms with van der Waals surface area (Å²) in [4.78, 5) is 0.355. The first kappa shape index (κ1) is 3.49. The zero-order chi connectivity index (χ0) is 18.8. The third-order valence-electron chi connectivity index (χ3n) is 1.70. The second-order valence-corrected chi connectivity index (χ2v) is 3.57. The Labute approximate surface area is 107 Å². The number of nitrogens with one attached hydrogen (secondary N) is 1. The summed E-state index contributed by atoms with van der Waals surface area (Å²) in [5.74, 6) is 0. The first-order chi connectivity index (χ1) is 10.6.